The van der Waals surface area contributed by atoms with Gasteiger partial charge in [-0.25, -0.2) is 0 Å². The first-order valence-electron chi connectivity index (χ1n) is 19.9. The molecule has 1 heterocycles. The van der Waals surface area contributed by atoms with Crippen LogP contribution in [0.2, 0.25) is 0 Å². The molecule has 1 N–H and O–H groups in total. The van der Waals surface area contributed by atoms with Gasteiger partial charge in [-0.2, -0.15) is 0 Å². The average Bonchev–Trinajstić information content (AvgIpc) is 3.27. The first kappa shape index (κ1) is 41.2. The highest BCUT2D eigenvalue weighted by molar-refractivity contribution is 8.00. The number of rotatable bonds is 19. The number of ether oxygens (including phenoxy) is 6. The van der Waals surface area contributed by atoms with Gasteiger partial charge in [0.25, 0.3) is 0 Å². The van der Waals surface area contributed by atoms with Crippen LogP contribution in [0.15, 0.2) is 164 Å². The van der Waals surface area contributed by atoms with Gasteiger partial charge in [-0.05, 0) is 70.1 Å². The third kappa shape index (κ3) is 10.8. The first-order chi connectivity index (χ1) is 28.5. The maximum Gasteiger partial charge on any atom is 0.165 e. The standard InChI is InChI=1S/C50H52O7S/c1-3-54-44-27-24-37(25-28-44)30-42-31-43(26-29-45(42)52-2)50(51)49(57-35-41-22-14-7-15-23-41)48(56-34-40-20-12-6-13-21-40)47(55-33-39-18-10-5-11-19-39)46(58-50)36-53-32-38-16-8-4-9-17-38/h4-29,31,46-49,51H,3,30,32-36H2,1-2H3/t46-,47-,48+,49-,50?/m1/s1. The molecular formula is C50H52O7S. The van der Waals surface area contributed by atoms with Crippen molar-refractivity contribution in [2.75, 3.05) is 20.3 Å². The highest BCUT2D eigenvalue weighted by Crippen LogP contribution is 2.51. The number of benzene rings is 6. The van der Waals surface area contributed by atoms with Crippen molar-refractivity contribution >= 4 is 11.8 Å². The molecule has 0 aliphatic carbocycles. The van der Waals surface area contributed by atoms with Crippen molar-refractivity contribution in [3.8, 4) is 11.5 Å². The normalized spacial score (nSPS) is 20.4. The average molecular weight is 797 g/mol. The summed E-state index contributed by atoms with van der Waals surface area (Å²) in [5.41, 5.74) is 6.79. The van der Waals surface area contributed by atoms with Gasteiger partial charge in [0, 0.05) is 6.42 Å². The van der Waals surface area contributed by atoms with Crippen LogP contribution >= 0.6 is 11.8 Å². The molecular weight excluding hydrogens is 745 g/mol. The number of hydrogen-bond donors (Lipinski definition) is 1. The molecule has 0 saturated carbocycles. The van der Waals surface area contributed by atoms with E-state index in [9.17, 15) is 5.11 Å². The number of hydrogen-bond acceptors (Lipinski definition) is 8. The fraction of sp³-hybridized carbons (Fsp3) is 0.280. The zero-order chi connectivity index (χ0) is 40.0. The summed E-state index contributed by atoms with van der Waals surface area (Å²) in [6, 6.07) is 54.4. The van der Waals surface area contributed by atoms with Crippen LogP contribution in [0.3, 0.4) is 0 Å². The summed E-state index contributed by atoms with van der Waals surface area (Å²) >= 11 is 1.41. The van der Waals surface area contributed by atoms with Gasteiger partial charge in [0.2, 0.25) is 0 Å². The summed E-state index contributed by atoms with van der Waals surface area (Å²) in [5, 5.41) is 13.1. The third-order valence-corrected chi connectivity index (χ3v) is 11.8. The van der Waals surface area contributed by atoms with Gasteiger partial charge in [-0.3, -0.25) is 0 Å². The Labute approximate surface area is 346 Å². The maximum atomic E-state index is 13.5. The highest BCUT2D eigenvalue weighted by Gasteiger charge is 2.56. The van der Waals surface area contributed by atoms with Crippen LogP contribution in [0.1, 0.15) is 45.9 Å². The zero-order valence-corrected chi connectivity index (χ0v) is 34.0. The molecule has 0 spiro atoms. The second-order valence-electron chi connectivity index (χ2n) is 14.4. The Morgan fingerprint density at radius 3 is 1.62 bits per heavy atom. The largest absolute Gasteiger partial charge is 0.496 e. The number of thioether (sulfide) groups is 1. The lowest BCUT2D eigenvalue weighted by Gasteiger charge is -2.50. The summed E-state index contributed by atoms with van der Waals surface area (Å²) in [5.74, 6) is 1.55. The monoisotopic (exact) mass is 796 g/mol. The Morgan fingerprint density at radius 1 is 0.569 bits per heavy atom. The van der Waals surface area contributed by atoms with Gasteiger partial charge >= 0.3 is 0 Å². The number of methoxy groups -OCH3 is 1. The van der Waals surface area contributed by atoms with Gasteiger partial charge in [0.1, 0.15) is 29.8 Å². The molecule has 5 atom stereocenters. The molecule has 6 aromatic rings. The van der Waals surface area contributed by atoms with Crippen molar-refractivity contribution < 1.29 is 33.5 Å². The zero-order valence-electron chi connectivity index (χ0n) is 33.2. The van der Waals surface area contributed by atoms with E-state index in [1.165, 1.54) is 11.8 Å². The minimum absolute atomic E-state index is 0.259. The van der Waals surface area contributed by atoms with E-state index in [1.807, 2.05) is 134 Å². The second kappa shape index (κ2) is 20.7. The van der Waals surface area contributed by atoms with E-state index >= 15 is 0 Å². The van der Waals surface area contributed by atoms with Gasteiger partial charge < -0.3 is 33.5 Å². The van der Waals surface area contributed by atoms with Crippen LogP contribution < -0.4 is 9.47 Å². The minimum Gasteiger partial charge on any atom is -0.496 e. The molecule has 6 aromatic carbocycles. The van der Waals surface area contributed by atoms with Crippen LogP contribution in [-0.2, 0) is 56.7 Å². The van der Waals surface area contributed by atoms with Crippen LogP contribution in [0.5, 0.6) is 11.5 Å². The summed E-state index contributed by atoms with van der Waals surface area (Å²) in [4.78, 5) is -1.59. The van der Waals surface area contributed by atoms with E-state index in [0.717, 1.165) is 44.9 Å². The van der Waals surface area contributed by atoms with E-state index in [-0.39, 0.29) is 11.9 Å². The molecule has 1 aliphatic rings. The first-order valence-corrected chi connectivity index (χ1v) is 20.8. The predicted molar refractivity (Wildman–Crippen MR) is 230 cm³/mol. The van der Waals surface area contributed by atoms with E-state index in [2.05, 4.69) is 36.4 Å². The molecule has 300 valence electrons. The molecule has 0 amide bonds. The van der Waals surface area contributed by atoms with Crippen molar-refractivity contribution in [2.45, 2.75) is 68.3 Å². The minimum atomic E-state index is -1.59. The molecule has 1 unspecified atom stereocenters. The van der Waals surface area contributed by atoms with Gasteiger partial charge in [0.15, 0.2) is 4.93 Å². The molecule has 0 aromatic heterocycles. The SMILES string of the molecule is CCOc1ccc(Cc2cc(C3(O)S[C@H](COCc4ccccc4)[C@@H](OCc4ccccc4)[C@H](OCc4ccccc4)[C@H]3OCc3ccccc3)ccc2OC)cc1. The molecule has 7 rings (SSSR count). The Hall–Kier alpha value is -4.93. The maximum absolute atomic E-state index is 13.5. The van der Waals surface area contributed by atoms with Crippen molar-refractivity contribution in [1.29, 1.82) is 0 Å². The van der Waals surface area contributed by atoms with Crippen molar-refractivity contribution in [1.82, 2.24) is 0 Å². The quantitative estimate of drug-likeness (QED) is 0.0869. The van der Waals surface area contributed by atoms with Crippen LogP contribution in [0.25, 0.3) is 0 Å². The highest BCUT2D eigenvalue weighted by atomic mass is 32.2. The fourth-order valence-corrected chi connectivity index (χ4v) is 8.91. The van der Waals surface area contributed by atoms with Crippen LogP contribution in [0, 0.1) is 0 Å². The van der Waals surface area contributed by atoms with Gasteiger partial charge in [-0.15, -0.1) is 11.8 Å². The summed E-state index contributed by atoms with van der Waals surface area (Å²) < 4.78 is 38.9. The Morgan fingerprint density at radius 2 is 1.09 bits per heavy atom. The van der Waals surface area contributed by atoms with Crippen molar-refractivity contribution in [3.63, 3.8) is 0 Å². The lowest BCUT2D eigenvalue weighted by atomic mass is 9.91. The molecule has 58 heavy (non-hydrogen) atoms. The van der Waals surface area contributed by atoms with Crippen LogP contribution in [-0.4, -0.2) is 49.0 Å². The van der Waals surface area contributed by atoms with E-state index in [0.29, 0.717) is 45.0 Å². The van der Waals surface area contributed by atoms with Gasteiger partial charge in [-0.1, -0.05) is 140 Å². The summed E-state index contributed by atoms with van der Waals surface area (Å²) in [6.07, 6.45) is -1.51. The Kier molecular flexibility index (Phi) is 14.7. The number of aliphatic hydroxyl groups is 1. The Bertz CT molecular complexity index is 2100. The molecule has 1 aliphatic heterocycles. The molecule has 1 fully saturated rings. The molecule has 0 radical (unpaired) electrons. The topological polar surface area (TPSA) is 75.6 Å². The summed E-state index contributed by atoms with van der Waals surface area (Å²) in [6.45, 7) is 4.20. The van der Waals surface area contributed by atoms with E-state index in [1.54, 1.807) is 7.11 Å². The van der Waals surface area contributed by atoms with Crippen molar-refractivity contribution in [3.05, 3.63) is 203 Å². The van der Waals surface area contributed by atoms with Crippen LogP contribution in [0.4, 0.5) is 0 Å². The third-order valence-electron chi connectivity index (χ3n) is 10.3. The molecule has 0 bridgehead atoms. The lowest BCUT2D eigenvalue weighted by molar-refractivity contribution is -0.199. The van der Waals surface area contributed by atoms with E-state index in [4.69, 9.17) is 28.4 Å². The fourth-order valence-electron chi connectivity index (χ4n) is 7.32. The molecule has 1 saturated heterocycles. The second-order valence-corrected chi connectivity index (χ2v) is 15.8. The smallest absolute Gasteiger partial charge is 0.165 e. The Balaban J connectivity index is 1.29. The van der Waals surface area contributed by atoms with E-state index < -0.39 is 23.2 Å². The van der Waals surface area contributed by atoms with Crippen molar-refractivity contribution in [2.24, 2.45) is 0 Å². The lowest BCUT2D eigenvalue weighted by Crippen LogP contribution is -2.61. The van der Waals surface area contributed by atoms with Gasteiger partial charge in [0.05, 0.1) is 52.0 Å². The predicted octanol–water partition coefficient (Wildman–Crippen LogP) is 9.92. The molecule has 7 nitrogen and oxygen atoms in total. The molecule has 8 heteroatoms. The summed E-state index contributed by atoms with van der Waals surface area (Å²) in [7, 11) is 1.68.